The molecule has 4 heteroatoms. The maximum atomic E-state index is 12.0. The third kappa shape index (κ3) is 3.81. The summed E-state index contributed by atoms with van der Waals surface area (Å²) in [5, 5.41) is 4.87. The summed E-state index contributed by atoms with van der Waals surface area (Å²) in [5.41, 5.74) is 0.974. The highest BCUT2D eigenvalue weighted by Crippen LogP contribution is 2.18. The van der Waals surface area contributed by atoms with Gasteiger partial charge < -0.3 is 10.2 Å². The van der Waals surface area contributed by atoms with E-state index in [1.807, 2.05) is 49.4 Å². The monoisotopic (exact) mass is 284 g/mol. The van der Waals surface area contributed by atoms with E-state index in [1.165, 1.54) is 0 Å². The Bertz CT molecular complexity index is 647. The van der Waals surface area contributed by atoms with E-state index < -0.39 is 0 Å². The van der Waals surface area contributed by atoms with Gasteiger partial charge in [-0.05, 0) is 23.3 Å². The van der Waals surface area contributed by atoms with Crippen molar-refractivity contribution in [3.8, 4) is 0 Å². The highest BCUT2D eigenvalue weighted by Gasteiger charge is 2.10. The molecule has 1 N–H and O–H groups in total. The van der Waals surface area contributed by atoms with Crippen molar-refractivity contribution >= 4 is 22.6 Å². The Balaban J connectivity index is 2.00. The third-order valence-electron chi connectivity index (χ3n) is 3.57. The van der Waals surface area contributed by atoms with Crippen molar-refractivity contribution in [1.82, 2.24) is 10.2 Å². The molecule has 0 saturated carbocycles. The molecule has 0 radical (unpaired) electrons. The first-order valence-corrected chi connectivity index (χ1v) is 7.09. The summed E-state index contributed by atoms with van der Waals surface area (Å²) in [6, 6.07) is 13.9. The average Bonchev–Trinajstić information content (AvgIpc) is 2.52. The molecule has 2 amide bonds. The fourth-order valence-corrected chi connectivity index (χ4v) is 2.17. The summed E-state index contributed by atoms with van der Waals surface area (Å²) in [6.45, 7) is 2.59. The van der Waals surface area contributed by atoms with Gasteiger partial charge in [0.15, 0.2) is 0 Å². The van der Waals surface area contributed by atoms with Gasteiger partial charge in [-0.3, -0.25) is 9.59 Å². The van der Waals surface area contributed by atoms with Crippen LogP contribution in [0.25, 0.3) is 10.8 Å². The van der Waals surface area contributed by atoms with Gasteiger partial charge >= 0.3 is 0 Å². The Morgan fingerprint density at radius 2 is 1.81 bits per heavy atom. The largest absolute Gasteiger partial charge is 0.347 e. The minimum atomic E-state index is -0.135. The van der Waals surface area contributed by atoms with Crippen molar-refractivity contribution in [2.45, 2.75) is 13.3 Å². The van der Waals surface area contributed by atoms with Gasteiger partial charge in [-0.25, -0.2) is 0 Å². The summed E-state index contributed by atoms with van der Waals surface area (Å²) in [7, 11) is 1.72. The molecule has 0 aliphatic carbocycles. The molecule has 21 heavy (non-hydrogen) atoms. The lowest BCUT2D eigenvalue weighted by atomic mass is 10.0. The van der Waals surface area contributed by atoms with Gasteiger partial charge in [0, 0.05) is 13.6 Å². The predicted octanol–water partition coefficient (Wildman–Crippen LogP) is 1.98. The van der Waals surface area contributed by atoms with Gasteiger partial charge in [0.25, 0.3) is 0 Å². The van der Waals surface area contributed by atoms with Crippen LogP contribution in [0.4, 0.5) is 0 Å². The fraction of sp³-hybridized carbons (Fsp3) is 0.294. The molecule has 2 aromatic carbocycles. The number of amides is 2. The van der Waals surface area contributed by atoms with Gasteiger partial charge in [-0.2, -0.15) is 0 Å². The Kier molecular flexibility index (Phi) is 4.93. The van der Waals surface area contributed by atoms with Gasteiger partial charge in [0.1, 0.15) is 0 Å². The molecule has 0 saturated heterocycles. The van der Waals surface area contributed by atoms with E-state index in [0.717, 1.165) is 16.3 Å². The van der Waals surface area contributed by atoms with Crippen LogP contribution in [0.3, 0.4) is 0 Å². The van der Waals surface area contributed by atoms with Crippen molar-refractivity contribution in [1.29, 1.82) is 0 Å². The minimum Gasteiger partial charge on any atom is -0.347 e. The van der Waals surface area contributed by atoms with E-state index in [-0.39, 0.29) is 24.8 Å². The summed E-state index contributed by atoms with van der Waals surface area (Å²) in [4.78, 5) is 25.2. The molecule has 0 heterocycles. The molecular weight excluding hydrogens is 264 g/mol. The van der Waals surface area contributed by atoms with Crippen LogP contribution in [0.2, 0.25) is 0 Å². The Morgan fingerprint density at radius 3 is 2.57 bits per heavy atom. The van der Waals surface area contributed by atoms with Crippen molar-refractivity contribution in [2.75, 3.05) is 20.1 Å². The second-order valence-electron chi connectivity index (χ2n) is 5.00. The first-order chi connectivity index (χ1) is 10.1. The number of benzene rings is 2. The SMILES string of the molecule is CCN(C)C(=O)CNC(=O)Cc1cccc2ccccc12. The molecule has 0 aliphatic heterocycles. The quantitative estimate of drug-likeness (QED) is 0.912. The predicted molar refractivity (Wildman–Crippen MR) is 84.0 cm³/mol. The standard InChI is InChI=1S/C17H20N2O2/c1-3-19(2)17(21)12-18-16(20)11-14-9-6-8-13-7-4-5-10-15(13)14/h4-10H,3,11-12H2,1-2H3,(H,18,20). The van der Waals surface area contributed by atoms with E-state index in [1.54, 1.807) is 11.9 Å². The number of nitrogens with one attached hydrogen (secondary N) is 1. The van der Waals surface area contributed by atoms with E-state index >= 15 is 0 Å². The highest BCUT2D eigenvalue weighted by atomic mass is 16.2. The van der Waals surface area contributed by atoms with Crippen molar-refractivity contribution < 1.29 is 9.59 Å². The number of hydrogen-bond acceptors (Lipinski definition) is 2. The first kappa shape index (κ1) is 15.0. The topological polar surface area (TPSA) is 49.4 Å². The number of nitrogens with zero attached hydrogens (tertiary/aromatic N) is 1. The molecule has 110 valence electrons. The van der Waals surface area contributed by atoms with Gasteiger partial charge in [0.2, 0.25) is 11.8 Å². The first-order valence-electron chi connectivity index (χ1n) is 7.09. The molecule has 2 rings (SSSR count). The Morgan fingerprint density at radius 1 is 1.10 bits per heavy atom. The third-order valence-corrected chi connectivity index (χ3v) is 3.57. The fourth-order valence-electron chi connectivity index (χ4n) is 2.17. The van der Waals surface area contributed by atoms with Gasteiger partial charge in [-0.1, -0.05) is 42.5 Å². The summed E-state index contributed by atoms with van der Waals surface area (Å²) < 4.78 is 0. The molecule has 0 bridgehead atoms. The number of hydrogen-bond donors (Lipinski definition) is 1. The zero-order chi connectivity index (χ0) is 15.2. The van der Waals surface area contributed by atoms with Crippen molar-refractivity contribution in [2.24, 2.45) is 0 Å². The number of rotatable bonds is 5. The molecule has 2 aromatic rings. The normalized spacial score (nSPS) is 10.4. The lowest BCUT2D eigenvalue weighted by molar-refractivity contribution is -0.131. The van der Waals surface area contributed by atoms with Crippen LogP contribution >= 0.6 is 0 Å². The second-order valence-corrected chi connectivity index (χ2v) is 5.00. The van der Waals surface area contributed by atoms with Crippen LogP contribution in [-0.4, -0.2) is 36.9 Å². The van der Waals surface area contributed by atoms with E-state index in [2.05, 4.69) is 5.32 Å². The number of carbonyl (C=O) groups excluding carboxylic acids is 2. The number of likely N-dealkylation sites (N-methyl/N-ethyl adjacent to an activating group) is 1. The number of fused-ring (bicyclic) bond motifs is 1. The van der Waals surface area contributed by atoms with E-state index in [0.29, 0.717) is 6.54 Å². The van der Waals surface area contributed by atoms with Crippen LogP contribution in [0, 0.1) is 0 Å². The van der Waals surface area contributed by atoms with Crippen LogP contribution in [-0.2, 0) is 16.0 Å². The zero-order valence-corrected chi connectivity index (χ0v) is 12.4. The maximum absolute atomic E-state index is 12.0. The molecule has 0 unspecified atom stereocenters. The molecule has 0 aromatic heterocycles. The lowest BCUT2D eigenvalue weighted by Gasteiger charge is -2.14. The molecule has 4 nitrogen and oxygen atoms in total. The summed E-state index contributed by atoms with van der Waals surface area (Å²) >= 11 is 0. The molecule has 0 aliphatic rings. The minimum absolute atomic E-state index is 0.0495. The highest BCUT2D eigenvalue weighted by molar-refractivity contribution is 5.91. The summed E-state index contributed by atoms with van der Waals surface area (Å²) in [5.74, 6) is -0.215. The second kappa shape index (κ2) is 6.88. The van der Waals surface area contributed by atoms with E-state index in [4.69, 9.17) is 0 Å². The molecular formula is C17H20N2O2. The van der Waals surface area contributed by atoms with Crippen LogP contribution in [0.5, 0.6) is 0 Å². The molecule has 0 atom stereocenters. The maximum Gasteiger partial charge on any atom is 0.241 e. The van der Waals surface area contributed by atoms with Crippen molar-refractivity contribution in [3.63, 3.8) is 0 Å². The zero-order valence-electron chi connectivity index (χ0n) is 12.4. The van der Waals surface area contributed by atoms with Gasteiger partial charge in [-0.15, -0.1) is 0 Å². The Hall–Kier alpha value is -2.36. The molecule has 0 spiro atoms. The van der Waals surface area contributed by atoms with Crippen LogP contribution in [0.15, 0.2) is 42.5 Å². The number of carbonyl (C=O) groups is 2. The lowest BCUT2D eigenvalue weighted by Crippen LogP contribution is -2.38. The van der Waals surface area contributed by atoms with Gasteiger partial charge in [0.05, 0.1) is 13.0 Å². The summed E-state index contributed by atoms with van der Waals surface area (Å²) in [6.07, 6.45) is 0.282. The van der Waals surface area contributed by atoms with Crippen LogP contribution in [0.1, 0.15) is 12.5 Å². The smallest absolute Gasteiger partial charge is 0.241 e. The van der Waals surface area contributed by atoms with Crippen molar-refractivity contribution in [3.05, 3.63) is 48.0 Å². The Labute approximate surface area is 124 Å². The average molecular weight is 284 g/mol. The van der Waals surface area contributed by atoms with E-state index in [9.17, 15) is 9.59 Å². The molecule has 0 fully saturated rings. The van der Waals surface area contributed by atoms with Crippen LogP contribution < -0.4 is 5.32 Å².